The molecule has 1 saturated heterocycles. The monoisotopic (exact) mass is 484 g/mol. The summed E-state index contributed by atoms with van der Waals surface area (Å²) < 4.78 is 43.7. The summed E-state index contributed by atoms with van der Waals surface area (Å²) in [6.07, 6.45) is 3.27. The van der Waals surface area contributed by atoms with E-state index in [-0.39, 0.29) is 11.6 Å². The zero-order chi connectivity index (χ0) is 23.7. The molecule has 0 atom stereocenters. The van der Waals surface area contributed by atoms with Crippen LogP contribution in [0.25, 0.3) is 21.8 Å². The van der Waals surface area contributed by atoms with Gasteiger partial charge in [-0.15, -0.1) is 0 Å². The average Bonchev–Trinajstić information content (AvgIpc) is 3.25. The molecule has 0 aliphatic carbocycles. The van der Waals surface area contributed by atoms with Crippen molar-refractivity contribution in [2.24, 2.45) is 5.92 Å². The molecule has 0 unspecified atom stereocenters. The molecule has 0 bridgehead atoms. The summed E-state index contributed by atoms with van der Waals surface area (Å²) in [5, 5.41) is 1.05. The number of fused-ring (bicyclic) bond motifs is 2. The first-order valence-corrected chi connectivity index (χ1v) is 11.8. The number of hydrogen-bond acceptors (Lipinski definition) is 8. The minimum atomic E-state index is -0.453. The molecular formula is C24H25FN4O4S. The van der Waals surface area contributed by atoms with Crippen molar-refractivity contribution in [1.29, 1.82) is 0 Å². The van der Waals surface area contributed by atoms with E-state index in [1.54, 1.807) is 37.4 Å². The Morgan fingerprint density at radius 1 is 1.12 bits per heavy atom. The lowest BCUT2D eigenvalue weighted by atomic mass is 9.99. The van der Waals surface area contributed by atoms with Crippen LogP contribution in [-0.4, -0.2) is 50.6 Å². The number of H-pyrrole nitrogens is 1. The van der Waals surface area contributed by atoms with Crippen LogP contribution in [0.15, 0.2) is 36.7 Å². The molecule has 0 spiro atoms. The van der Waals surface area contributed by atoms with Gasteiger partial charge in [-0.2, -0.15) is 0 Å². The highest BCUT2D eigenvalue weighted by atomic mass is 32.2. The molecule has 0 amide bonds. The number of halogens is 1. The standard InChI is InChI=1S/C24H25FN4O4S/c1-14-9-16-18(28-14)3-4-20(23(16)25)33-24-17-10-21(31-2)22(11-19(17)26-13-27-24)32-12-15-5-7-29(34-30)8-6-15/h3-4,9-11,13,15,28,30H,5-8,12H2,1-2H3. The van der Waals surface area contributed by atoms with Crippen LogP contribution in [0.2, 0.25) is 0 Å². The van der Waals surface area contributed by atoms with Gasteiger partial charge >= 0.3 is 0 Å². The van der Waals surface area contributed by atoms with E-state index in [0.29, 0.717) is 45.8 Å². The Kier molecular flexibility index (Phi) is 6.44. The van der Waals surface area contributed by atoms with Crippen LogP contribution in [0, 0.1) is 18.7 Å². The summed E-state index contributed by atoms with van der Waals surface area (Å²) in [6, 6.07) is 8.64. The van der Waals surface area contributed by atoms with Crippen molar-refractivity contribution in [1.82, 2.24) is 19.3 Å². The molecule has 0 saturated carbocycles. The lowest BCUT2D eigenvalue weighted by Gasteiger charge is -2.28. The maximum absolute atomic E-state index is 15.1. The number of ether oxygens (including phenoxy) is 3. The predicted molar refractivity (Wildman–Crippen MR) is 129 cm³/mol. The minimum Gasteiger partial charge on any atom is -0.493 e. The van der Waals surface area contributed by atoms with Gasteiger partial charge in [-0.3, -0.25) is 0 Å². The van der Waals surface area contributed by atoms with Gasteiger partial charge in [-0.25, -0.2) is 18.7 Å². The van der Waals surface area contributed by atoms with E-state index >= 15 is 4.39 Å². The first-order chi connectivity index (χ1) is 16.6. The molecule has 2 aromatic carbocycles. The summed E-state index contributed by atoms with van der Waals surface area (Å²) in [4.78, 5) is 11.7. The molecule has 3 heterocycles. The number of rotatable bonds is 7. The second kappa shape index (κ2) is 9.65. The van der Waals surface area contributed by atoms with Gasteiger partial charge in [0.1, 0.15) is 6.33 Å². The Labute approximate surface area is 200 Å². The summed E-state index contributed by atoms with van der Waals surface area (Å²) in [6.45, 7) is 4.06. The van der Waals surface area contributed by atoms with Crippen molar-refractivity contribution >= 4 is 34.0 Å². The van der Waals surface area contributed by atoms with Crippen molar-refractivity contribution in [2.75, 3.05) is 26.8 Å². The molecule has 4 aromatic rings. The fourth-order valence-electron chi connectivity index (χ4n) is 4.23. The van der Waals surface area contributed by atoms with Crippen molar-refractivity contribution in [3.8, 4) is 23.1 Å². The molecule has 5 rings (SSSR count). The molecule has 8 nitrogen and oxygen atoms in total. The predicted octanol–water partition coefficient (Wildman–Crippen LogP) is 5.57. The topological polar surface area (TPSA) is 92.7 Å². The van der Waals surface area contributed by atoms with Crippen molar-refractivity contribution in [2.45, 2.75) is 19.8 Å². The number of aromatic nitrogens is 3. The Bertz CT molecular complexity index is 1320. The largest absolute Gasteiger partial charge is 0.493 e. The molecule has 34 heavy (non-hydrogen) atoms. The number of benzene rings is 2. The summed E-state index contributed by atoms with van der Waals surface area (Å²) in [5.74, 6) is 1.35. The highest BCUT2D eigenvalue weighted by Gasteiger charge is 2.21. The lowest BCUT2D eigenvalue weighted by molar-refractivity contribution is 0.184. The second-order valence-corrected chi connectivity index (χ2v) is 9.04. The number of hydrogen-bond donors (Lipinski definition) is 2. The van der Waals surface area contributed by atoms with Crippen LogP contribution in [0.3, 0.4) is 0 Å². The molecule has 2 N–H and O–H groups in total. The molecule has 2 aromatic heterocycles. The van der Waals surface area contributed by atoms with E-state index in [1.165, 1.54) is 6.33 Å². The third kappa shape index (κ3) is 4.48. The number of aromatic amines is 1. The fourth-order valence-corrected chi connectivity index (χ4v) is 4.60. The van der Waals surface area contributed by atoms with Crippen LogP contribution in [-0.2, 0) is 0 Å². The molecule has 1 fully saturated rings. The Balaban J connectivity index is 1.40. The van der Waals surface area contributed by atoms with Gasteiger partial charge in [0.2, 0.25) is 5.88 Å². The van der Waals surface area contributed by atoms with E-state index in [9.17, 15) is 4.55 Å². The number of nitrogens with one attached hydrogen (secondary N) is 1. The fraction of sp³-hybridized carbons (Fsp3) is 0.333. The smallest absolute Gasteiger partial charge is 0.230 e. The zero-order valence-corrected chi connectivity index (χ0v) is 19.7. The molecule has 0 radical (unpaired) electrons. The molecule has 1 aliphatic heterocycles. The van der Waals surface area contributed by atoms with E-state index in [2.05, 4.69) is 15.0 Å². The zero-order valence-electron chi connectivity index (χ0n) is 18.9. The molecule has 10 heteroatoms. The average molecular weight is 485 g/mol. The highest BCUT2D eigenvalue weighted by Crippen LogP contribution is 2.38. The molecule has 178 valence electrons. The van der Waals surface area contributed by atoms with Crippen LogP contribution in [0.1, 0.15) is 18.5 Å². The molecule has 1 aliphatic rings. The lowest BCUT2D eigenvalue weighted by Crippen LogP contribution is -2.31. The van der Waals surface area contributed by atoms with Gasteiger partial charge in [0.25, 0.3) is 0 Å². The SMILES string of the molecule is COc1cc2c(Oc3ccc4[nH]c(C)cc4c3F)ncnc2cc1OCC1CCN(SO)CC1. The first-order valence-electron chi connectivity index (χ1n) is 11.0. The summed E-state index contributed by atoms with van der Waals surface area (Å²) in [7, 11) is 1.57. The van der Waals surface area contributed by atoms with Gasteiger partial charge in [-0.05, 0) is 49.9 Å². The normalized spacial score (nSPS) is 15.2. The second-order valence-electron chi connectivity index (χ2n) is 8.36. The Morgan fingerprint density at radius 3 is 2.71 bits per heavy atom. The van der Waals surface area contributed by atoms with Crippen molar-refractivity contribution in [3.05, 3.63) is 48.2 Å². The number of methoxy groups -OCH3 is 1. The summed E-state index contributed by atoms with van der Waals surface area (Å²) >= 11 is 0.795. The number of piperidine rings is 1. The third-order valence-electron chi connectivity index (χ3n) is 6.09. The van der Waals surface area contributed by atoms with Crippen LogP contribution < -0.4 is 14.2 Å². The van der Waals surface area contributed by atoms with Crippen LogP contribution >= 0.6 is 12.2 Å². The van der Waals surface area contributed by atoms with Crippen LogP contribution in [0.5, 0.6) is 23.1 Å². The van der Waals surface area contributed by atoms with Gasteiger partial charge in [0, 0.05) is 35.8 Å². The quantitative estimate of drug-likeness (QED) is 0.260. The van der Waals surface area contributed by atoms with Crippen molar-refractivity contribution < 1.29 is 23.2 Å². The minimum absolute atomic E-state index is 0.0816. The van der Waals surface area contributed by atoms with E-state index in [1.807, 2.05) is 11.2 Å². The third-order valence-corrected chi connectivity index (χ3v) is 6.69. The van der Waals surface area contributed by atoms with E-state index in [0.717, 1.165) is 43.9 Å². The van der Waals surface area contributed by atoms with E-state index < -0.39 is 5.82 Å². The highest BCUT2D eigenvalue weighted by molar-refractivity contribution is 7.91. The van der Waals surface area contributed by atoms with Crippen LogP contribution in [0.4, 0.5) is 4.39 Å². The molecular weight excluding hydrogens is 459 g/mol. The van der Waals surface area contributed by atoms with Gasteiger partial charge in [0.05, 0.1) is 36.8 Å². The number of aryl methyl sites for hydroxylation is 1. The Hall–Kier alpha value is -3.08. The van der Waals surface area contributed by atoms with E-state index in [4.69, 9.17) is 14.2 Å². The van der Waals surface area contributed by atoms with Crippen molar-refractivity contribution in [3.63, 3.8) is 0 Å². The van der Waals surface area contributed by atoms with Gasteiger partial charge in [-0.1, -0.05) is 0 Å². The first kappa shape index (κ1) is 22.7. The number of nitrogens with zero attached hydrogens (tertiary/aromatic N) is 3. The maximum Gasteiger partial charge on any atom is 0.230 e. The van der Waals surface area contributed by atoms with Gasteiger partial charge < -0.3 is 23.7 Å². The maximum atomic E-state index is 15.1. The van der Waals surface area contributed by atoms with Gasteiger partial charge in [0.15, 0.2) is 23.1 Å². The Morgan fingerprint density at radius 2 is 1.94 bits per heavy atom. The summed E-state index contributed by atoms with van der Waals surface area (Å²) in [5.41, 5.74) is 2.18.